The van der Waals surface area contributed by atoms with E-state index in [4.69, 9.17) is 4.74 Å². The number of fused-ring (bicyclic) bond motifs is 1. The molecule has 0 spiro atoms. The van der Waals surface area contributed by atoms with Gasteiger partial charge in [-0.1, -0.05) is 61.5 Å². The molecule has 0 aromatic heterocycles. The summed E-state index contributed by atoms with van der Waals surface area (Å²) >= 11 is 0. The Morgan fingerprint density at radius 1 is 1.05 bits per heavy atom. The zero-order chi connectivity index (χ0) is 31.6. The summed E-state index contributed by atoms with van der Waals surface area (Å²) in [6.45, 7) is 6.59. The SMILES string of the molecule is C[C@H]1CN([C@@H](C)CO)C(=O)Cc2cc(NC(=O)CCCN(C)C)ccc2O[C@H]1CN(C)Cc1ccc(-c2ccccc2)cc1. The molecule has 0 fully saturated rings. The summed E-state index contributed by atoms with van der Waals surface area (Å²) in [7, 11) is 6.06. The average molecular weight is 601 g/mol. The Labute approximate surface area is 262 Å². The van der Waals surface area contributed by atoms with Gasteiger partial charge in [-0.3, -0.25) is 14.5 Å². The second kappa shape index (κ2) is 15.8. The number of carbonyl (C=O) groups is 2. The number of likely N-dealkylation sites (N-methyl/N-ethyl adjacent to an activating group) is 1. The molecule has 3 aromatic rings. The van der Waals surface area contributed by atoms with Crippen molar-refractivity contribution >= 4 is 17.5 Å². The van der Waals surface area contributed by atoms with Crippen molar-refractivity contribution in [2.75, 3.05) is 52.7 Å². The lowest BCUT2D eigenvalue weighted by Gasteiger charge is -2.34. The van der Waals surface area contributed by atoms with Crippen LogP contribution in [0.2, 0.25) is 0 Å². The molecule has 0 saturated carbocycles. The van der Waals surface area contributed by atoms with E-state index in [0.717, 1.165) is 25.1 Å². The number of aliphatic hydroxyl groups excluding tert-OH is 1. The van der Waals surface area contributed by atoms with Crippen LogP contribution in [0.1, 0.15) is 37.8 Å². The molecule has 0 radical (unpaired) electrons. The normalized spacial score (nSPS) is 17.8. The standard InChI is InChI=1S/C36H48N4O4/c1-26-22-40(27(2)25-41)36(43)21-31-20-32(37-35(42)12-9-19-38(3)4)17-18-33(31)44-34(26)24-39(5)23-28-13-15-30(16-14-28)29-10-7-6-8-11-29/h6-8,10-11,13-18,20,26-27,34,41H,9,12,19,21-25H2,1-5H3,(H,37,42)/t26-,27-,34-/m0/s1. The minimum Gasteiger partial charge on any atom is -0.488 e. The second-order valence-corrected chi connectivity index (χ2v) is 12.4. The van der Waals surface area contributed by atoms with Crippen LogP contribution in [-0.4, -0.2) is 91.2 Å². The Morgan fingerprint density at radius 3 is 2.43 bits per heavy atom. The van der Waals surface area contributed by atoms with Crippen molar-refractivity contribution in [1.29, 1.82) is 0 Å². The first kappa shape index (κ1) is 33.2. The van der Waals surface area contributed by atoms with Crippen molar-refractivity contribution in [3.8, 4) is 16.9 Å². The molecule has 2 amide bonds. The van der Waals surface area contributed by atoms with Gasteiger partial charge in [-0.2, -0.15) is 0 Å². The van der Waals surface area contributed by atoms with Gasteiger partial charge >= 0.3 is 0 Å². The van der Waals surface area contributed by atoms with E-state index in [9.17, 15) is 14.7 Å². The van der Waals surface area contributed by atoms with Gasteiger partial charge in [0.05, 0.1) is 19.1 Å². The Kier molecular flexibility index (Phi) is 11.9. The summed E-state index contributed by atoms with van der Waals surface area (Å²) in [5, 5.41) is 12.9. The summed E-state index contributed by atoms with van der Waals surface area (Å²) in [5.74, 6) is 0.547. The van der Waals surface area contributed by atoms with Gasteiger partial charge in [0.25, 0.3) is 0 Å². The van der Waals surface area contributed by atoms with Crippen LogP contribution in [0.25, 0.3) is 11.1 Å². The molecule has 1 aliphatic heterocycles. The first-order chi connectivity index (χ1) is 21.1. The number of anilines is 1. The highest BCUT2D eigenvalue weighted by molar-refractivity contribution is 5.91. The molecule has 8 nitrogen and oxygen atoms in total. The van der Waals surface area contributed by atoms with E-state index in [1.165, 1.54) is 16.7 Å². The molecule has 44 heavy (non-hydrogen) atoms. The topological polar surface area (TPSA) is 85.3 Å². The van der Waals surface area contributed by atoms with Crippen molar-refractivity contribution in [2.24, 2.45) is 5.92 Å². The Bertz CT molecular complexity index is 1360. The van der Waals surface area contributed by atoms with Gasteiger partial charge in [0.15, 0.2) is 0 Å². The predicted molar refractivity (Wildman–Crippen MR) is 177 cm³/mol. The molecule has 0 bridgehead atoms. The minimum atomic E-state index is -0.312. The van der Waals surface area contributed by atoms with E-state index in [1.807, 2.05) is 57.4 Å². The predicted octanol–water partition coefficient (Wildman–Crippen LogP) is 4.91. The van der Waals surface area contributed by atoms with E-state index in [1.54, 1.807) is 4.90 Å². The molecule has 2 N–H and O–H groups in total. The number of hydrogen-bond donors (Lipinski definition) is 2. The summed E-state index contributed by atoms with van der Waals surface area (Å²) in [5.41, 5.74) is 4.97. The Morgan fingerprint density at radius 2 is 1.75 bits per heavy atom. The van der Waals surface area contributed by atoms with Gasteiger partial charge in [0.1, 0.15) is 11.9 Å². The number of nitrogens with zero attached hydrogens (tertiary/aromatic N) is 3. The summed E-state index contributed by atoms with van der Waals surface area (Å²) in [6, 6.07) is 24.3. The maximum atomic E-state index is 13.5. The maximum absolute atomic E-state index is 13.5. The maximum Gasteiger partial charge on any atom is 0.227 e. The van der Waals surface area contributed by atoms with E-state index >= 15 is 0 Å². The van der Waals surface area contributed by atoms with E-state index in [-0.39, 0.29) is 42.9 Å². The van der Waals surface area contributed by atoms with Crippen LogP contribution in [0.5, 0.6) is 5.75 Å². The fourth-order valence-corrected chi connectivity index (χ4v) is 5.62. The van der Waals surface area contributed by atoms with Crippen LogP contribution in [-0.2, 0) is 22.6 Å². The van der Waals surface area contributed by atoms with E-state index in [0.29, 0.717) is 30.9 Å². The number of hydrogen-bond acceptors (Lipinski definition) is 6. The van der Waals surface area contributed by atoms with Crippen LogP contribution in [0.15, 0.2) is 72.8 Å². The zero-order valence-corrected chi connectivity index (χ0v) is 26.8. The molecule has 3 atom stereocenters. The van der Waals surface area contributed by atoms with Gasteiger partial charge in [0.2, 0.25) is 11.8 Å². The number of carbonyl (C=O) groups excluding carboxylic acids is 2. The Balaban J connectivity index is 1.50. The largest absolute Gasteiger partial charge is 0.488 e. The first-order valence-corrected chi connectivity index (χ1v) is 15.6. The van der Waals surface area contributed by atoms with Gasteiger partial charge in [-0.05, 0) is 75.9 Å². The third kappa shape index (κ3) is 9.39. The third-order valence-electron chi connectivity index (χ3n) is 8.21. The molecule has 4 rings (SSSR count). The number of aliphatic hydroxyl groups is 1. The summed E-state index contributed by atoms with van der Waals surface area (Å²) in [6.07, 6.45) is 1.12. The lowest BCUT2D eigenvalue weighted by atomic mass is 10.0. The van der Waals surface area contributed by atoms with E-state index in [2.05, 4.69) is 65.5 Å². The van der Waals surface area contributed by atoms with Gasteiger partial charge in [-0.15, -0.1) is 0 Å². The van der Waals surface area contributed by atoms with Crippen LogP contribution in [0, 0.1) is 5.92 Å². The number of nitrogens with one attached hydrogen (secondary N) is 1. The molecule has 236 valence electrons. The van der Waals surface area contributed by atoms with E-state index < -0.39 is 0 Å². The highest BCUT2D eigenvalue weighted by Crippen LogP contribution is 2.29. The molecular weight excluding hydrogens is 552 g/mol. The molecule has 1 aliphatic rings. The van der Waals surface area contributed by atoms with Crippen LogP contribution >= 0.6 is 0 Å². The van der Waals surface area contributed by atoms with Crippen molar-refractivity contribution < 1.29 is 19.4 Å². The second-order valence-electron chi connectivity index (χ2n) is 12.4. The molecular formula is C36H48N4O4. The third-order valence-corrected chi connectivity index (χ3v) is 8.21. The highest BCUT2D eigenvalue weighted by Gasteiger charge is 2.31. The molecule has 3 aromatic carbocycles. The zero-order valence-electron chi connectivity index (χ0n) is 26.8. The fraction of sp³-hybridized carbons (Fsp3) is 0.444. The number of amides is 2. The summed E-state index contributed by atoms with van der Waals surface area (Å²) < 4.78 is 6.67. The Hall–Kier alpha value is -3.72. The number of rotatable bonds is 12. The quantitative estimate of drug-likeness (QED) is 0.307. The van der Waals surface area contributed by atoms with Crippen molar-refractivity contribution in [2.45, 2.75) is 51.8 Å². The number of ether oxygens (including phenoxy) is 1. The van der Waals surface area contributed by atoms with Gasteiger partial charge in [-0.25, -0.2) is 0 Å². The molecule has 8 heteroatoms. The average Bonchev–Trinajstić information content (AvgIpc) is 3.04. The fourth-order valence-electron chi connectivity index (χ4n) is 5.62. The van der Waals surface area contributed by atoms with Crippen LogP contribution < -0.4 is 10.1 Å². The smallest absolute Gasteiger partial charge is 0.227 e. The molecule has 0 saturated heterocycles. The first-order valence-electron chi connectivity index (χ1n) is 15.6. The monoisotopic (exact) mass is 600 g/mol. The van der Waals surface area contributed by atoms with Crippen LogP contribution in [0.3, 0.4) is 0 Å². The number of benzene rings is 3. The lowest BCUT2D eigenvalue weighted by molar-refractivity contribution is -0.134. The molecule has 0 aliphatic carbocycles. The minimum absolute atomic E-state index is 0.0119. The molecule has 1 heterocycles. The highest BCUT2D eigenvalue weighted by atomic mass is 16.5. The lowest BCUT2D eigenvalue weighted by Crippen LogP contribution is -2.47. The van der Waals surface area contributed by atoms with Crippen molar-refractivity contribution in [1.82, 2.24) is 14.7 Å². The van der Waals surface area contributed by atoms with Crippen LogP contribution in [0.4, 0.5) is 5.69 Å². The van der Waals surface area contributed by atoms with Gasteiger partial charge < -0.3 is 25.0 Å². The van der Waals surface area contributed by atoms with Gasteiger partial charge in [0, 0.05) is 43.2 Å². The molecule has 0 unspecified atom stereocenters. The van der Waals surface area contributed by atoms with Crippen molar-refractivity contribution in [3.63, 3.8) is 0 Å². The van der Waals surface area contributed by atoms with Crippen molar-refractivity contribution in [3.05, 3.63) is 83.9 Å². The summed E-state index contributed by atoms with van der Waals surface area (Å²) in [4.78, 5) is 32.2.